The van der Waals surface area contributed by atoms with Crippen molar-refractivity contribution < 1.29 is 4.79 Å². The zero-order valence-electron chi connectivity index (χ0n) is 17.0. The third-order valence-electron chi connectivity index (χ3n) is 4.90. The minimum atomic E-state index is -0.242. The summed E-state index contributed by atoms with van der Waals surface area (Å²) in [7, 11) is 0. The number of nitrogens with one attached hydrogen (secondary N) is 1. The van der Waals surface area contributed by atoms with E-state index in [0.29, 0.717) is 11.9 Å². The fourth-order valence-electron chi connectivity index (χ4n) is 3.22. The van der Waals surface area contributed by atoms with Gasteiger partial charge < -0.3 is 5.32 Å². The van der Waals surface area contributed by atoms with E-state index in [9.17, 15) is 9.59 Å². The first-order valence-corrected chi connectivity index (χ1v) is 9.58. The number of fused-ring (bicyclic) bond motifs is 1. The van der Waals surface area contributed by atoms with Crippen molar-refractivity contribution in [3.63, 3.8) is 0 Å². The number of aryl methyl sites for hydroxylation is 1. The summed E-state index contributed by atoms with van der Waals surface area (Å²) in [6.45, 7) is 8.85. The van der Waals surface area contributed by atoms with Crippen molar-refractivity contribution in [2.45, 2.75) is 46.1 Å². The van der Waals surface area contributed by atoms with Gasteiger partial charge in [0.15, 0.2) is 0 Å². The molecule has 0 saturated carbocycles. The van der Waals surface area contributed by atoms with Crippen molar-refractivity contribution in [2.75, 3.05) is 6.54 Å². The molecular weight excluding hydrogens is 350 g/mol. The molecule has 0 fully saturated rings. The Morgan fingerprint density at radius 3 is 2.32 bits per heavy atom. The Bertz CT molecular complexity index is 1040. The number of amides is 1. The minimum absolute atomic E-state index is 0.0759. The van der Waals surface area contributed by atoms with E-state index in [2.05, 4.69) is 55.5 Å². The van der Waals surface area contributed by atoms with E-state index in [4.69, 9.17) is 0 Å². The van der Waals surface area contributed by atoms with Gasteiger partial charge >= 0.3 is 0 Å². The van der Waals surface area contributed by atoms with Crippen molar-refractivity contribution in [3.8, 4) is 0 Å². The largest absolute Gasteiger partial charge is 0.354 e. The van der Waals surface area contributed by atoms with Crippen LogP contribution in [0.3, 0.4) is 0 Å². The van der Waals surface area contributed by atoms with E-state index < -0.39 is 0 Å². The molecule has 0 aliphatic heterocycles. The molecule has 1 amide bonds. The second-order valence-electron chi connectivity index (χ2n) is 8.14. The molecular formula is C23H27N3O2. The average Bonchev–Trinajstić information content (AvgIpc) is 2.65. The summed E-state index contributed by atoms with van der Waals surface area (Å²) in [5.74, 6) is -0.212. The Morgan fingerprint density at radius 1 is 1.04 bits per heavy atom. The average molecular weight is 377 g/mol. The van der Waals surface area contributed by atoms with Crippen LogP contribution in [0.2, 0.25) is 0 Å². The fraction of sp³-hybridized carbons (Fsp3) is 0.348. The summed E-state index contributed by atoms with van der Waals surface area (Å²) in [4.78, 5) is 24.8. The van der Waals surface area contributed by atoms with Crippen LogP contribution in [0.15, 0.2) is 53.3 Å². The maximum Gasteiger partial charge on any atom is 0.275 e. The van der Waals surface area contributed by atoms with Crippen molar-refractivity contribution >= 4 is 16.7 Å². The second-order valence-corrected chi connectivity index (χ2v) is 8.14. The van der Waals surface area contributed by atoms with Crippen LogP contribution in [0.1, 0.15) is 37.6 Å². The van der Waals surface area contributed by atoms with Crippen molar-refractivity contribution in [3.05, 3.63) is 75.7 Å². The van der Waals surface area contributed by atoms with Gasteiger partial charge in [0, 0.05) is 11.9 Å². The van der Waals surface area contributed by atoms with Crippen molar-refractivity contribution in [1.82, 2.24) is 15.1 Å². The molecule has 0 bridgehead atoms. The molecule has 1 N–H and O–H groups in total. The van der Waals surface area contributed by atoms with Crippen LogP contribution in [0.4, 0.5) is 0 Å². The van der Waals surface area contributed by atoms with E-state index in [1.807, 2.05) is 25.1 Å². The number of benzene rings is 2. The normalized spacial score (nSPS) is 11.6. The van der Waals surface area contributed by atoms with Gasteiger partial charge in [-0.05, 0) is 36.0 Å². The maximum absolute atomic E-state index is 12.5. The van der Waals surface area contributed by atoms with Gasteiger partial charge in [0.2, 0.25) is 5.91 Å². The number of carbonyl (C=O) groups excluding carboxylic acids is 1. The molecule has 28 heavy (non-hydrogen) atoms. The van der Waals surface area contributed by atoms with E-state index in [1.165, 1.54) is 15.8 Å². The van der Waals surface area contributed by atoms with Crippen LogP contribution in [0, 0.1) is 6.92 Å². The standard InChI is InChI=1S/C23H27N3O2/c1-16-19-7-5-6-8-20(19)22(28)26(25-16)15-21(27)24-14-13-17-9-11-18(12-10-17)23(2,3)4/h5-12H,13-15H2,1-4H3,(H,24,27). The Labute approximate surface area is 165 Å². The third-order valence-corrected chi connectivity index (χ3v) is 4.90. The Balaban J connectivity index is 1.60. The first-order chi connectivity index (χ1) is 13.3. The van der Waals surface area contributed by atoms with Gasteiger partial charge in [-0.15, -0.1) is 0 Å². The van der Waals surface area contributed by atoms with Crippen molar-refractivity contribution in [1.29, 1.82) is 0 Å². The SMILES string of the molecule is Cc1nn(CC(=O)NCCc2ccc(C(C)(C)C)cc2)c(=O)c2ccccc12. The van der Waals surface area contributed by atoms with Gasteiger partial charge in [-0.1, -0.05) is 63.2 Å². The predicted octanol–water partition coefficient (Wildman–Crippen LogP) is 3.36. The molecule has 5 nitrogen and oxygen atoms in total. The van der Waals surface area contributed by atoms with Gasteiger partial charge in [0.05, 0.1) is 11.1 Å². The topological polar surface area (TPSA) is 64.0 Å². The van der Waals surface area contributed by atoms with E-state index >= 15 is 0 Å². The molecule has 5 heteroatoms. The summed E-state index contributed by atoms with van der Waals surface area (Å²) in [5.41, 5.74) is 3.09. The van der Waals surface area contributed by atoms with Crippen molar-refractivity contribution in [2.24, 2.45) is 0 Å². The third kappa shape index (κ3) is 4.47. The van der Waals surface area contributed by atoms with Crippen LogP contribution in [-0.4, -0.2) is 22.2 Å². The van der Waals surface area contributed by atoms with Crippen LogP contribution in [-0.2, 0) is 23.2 Å². The molecule has 0 unspecified atom stereocenters. The Kier molecular flexibility index (Phi) is 5.63. The Hall–Kier alpha value is -2.95. The van der Waals surface area contributed by atoms with E-state index in [0.717, 1.165) is 17.5 Å². The van der Waals surface area contributed by atoms with E-state index in [-0.39, 0.29) is 23.4 Å². The lowest BCUT2D eigenvalue weighted by atomic mass is 9.86. The maximum atomic E-state index is 12.5. The predicted molar refractivity (Wildman–Crippen MR) is 113 cm³/mol. The lowest BCUT2D eigenvalue weighted by Gasteiger charge is -2.19. The molecule has 1 heterocycles. The molecule has 0 aliphatic carbocycles. The smallest absolute Gasteiger partial charge is 0.275 e. The van der Waals surface area contributed by atoms with Gasteiger partial charge in [0.25, 0.3) is 5.56 Å². The van der Waals surface area contributed by atoms with Crippen LogP contribution in [0.25, 0.3) is 10.8 Å². The number of hydrogen-bond donors (Lipinski definition) is 1. The van der Waals surface area contributed by atoms with Gasteiger partial charge in [-0.3, -0.25) is 9.59 Å². The van der Waals surface area contributed by atoms with Crippen LogP contribution in [0.5, 0.6) is 0 Å². The zero-order chi connectivity index (χ0) is 20.3. The highest BCUT2D eigenvalue weighted by atomic mass is 16.2. The lowest BCUT2D eigenvalue weighted by molar-refractivity contribution is -0.121. The molecule has 2 aromatic carbocycles. The molecule has 3 aromatic rings. The van der Waals surface area contributed by atoms with Gasteiger partial charge in [-0.25, -0.2) is 4.68 Å². The zero-order valence-corrected chi connectivity index (χ0v) is 17.0. The summed E-state index contributed by atoms with van der Waals surface area (Å²) in [6, 6.07) is 15.8. The molecule has 3 rings (SSSR count). The summed E-state index contributed by atoms with van der Waals surface area (Å²) in [5, 5.41) is 8.57. The molecule has 0 saturated heterocycles. The monoisotopic (exact) mass is 377 g/mol. The number of rotatable bonds is 5. The summed E-state index contributed by atoms with van der Waals surface area (Å²) < 4.78 is 1.24. The lowest BCUT2D eigenvalue weighted by Crippen LogP contribution is -2.35. The number of aromatic nitrogens is 2. The molecule has 1 aromatic heterocycles. The first kappa shape index (κ1) is 19.8. The molecule has 0 radical (unpaired) electrons. The molecule has 0 spiro atoms. The molecule has 146 valence electrons. The minimum Gasteiger partial charge on any atom is -0.354 e. The second kappa shape index (κ2) is 7.97. The van der Waals surface area contributed by atoms with Crippen LogP contribution >= 0.6 is 0 Å². The quantitative estimate of drug-likeness (QED) is 0.741. The summed E-state index contributed by atoms with van der Waals surface area (Å²) >= 11 is 0. The fourth-order valence-corrected chi connectivity index (χ4v) is 3.22. The van der Waals surface area contributed by atoms with E-state index in [1.54, 1.807) is 6.07 Å². The highest BCUT2D eigenvalue weighted by Crippen LogP contribution is 2.22. The summed E-state index contributed by atoms with van der Waals surface area (Å²) in [6.07, 6.45) is 0.745. The number of nitrogens with zero attached hydrogens (tertiary/aromatic N) is 2. The number of carbonyl (C=O) groups is 1. The number of hydrogen-bond acceptors (Lipinski definition) is 3. The first-order valence-electron chi connectivity index (χ1n) is 9.58. The Morgan fingerprint density at radius 2 is 1.68 bits per heavy atom. The molecule has 0 atom stereocenters. The molecule has 0 aliphatic rings. The van der Waals surface area contributed by atoms with Crippen LogP contribution < -0.4 is 10.9 Å². The highest BCUT2D eigenvalue weighted by Gasteiger charge is 2.13. The highest BCUT2D eigenvalue weighted by molar-refractivity contribution is 5.83. The van der Waals surface area contributed by atoms with Gasteiger partial charge in [0.1, 0.15) is 6.54 Å². The van der Waals surface area contributed by atoms with Gasteiger partial charge in [-0.2, -0.15) is 5.10 Å².